The minimum atomic E-state index is -0.402. The lowest BCUT2D eigenvalue weighted by atomic mass is 10.1. The summed E-state index contributed by atoms with van der Waals surface area (Å²) in [5.41, 5.74) is 6.77. The number of carbonyl (C=O) groups is 2. The molecule has 3 N–H and O–H groups in total. The number of benzene rings is 1. The third-order valence-corrected chi connectivity index (χ3v) is 2.56. The first-order valence-electron chi connectivity index (χ1n) is 5.80. The third-order valence-electron chi connectivity index (χ3n) is 2.56. The largest absolute Gasteiger partial charge is 0.465 e. The summed E-state index contributed by atoms with van der Waals surface area (Å²) in [6, 6.07) is 6.38. The summed E-state index contributed by atoms with van der Waals surface area (Å²) in [4.78, 5) is 22.8. The molecule has 98 valence electrons. The summed E-state index contributed by atoms with van der Waals surface area (Å²) in [5, 5.41) is 2.72. The average molecular weight is 250 g/mol. The molecule has 1 aromatic carbocycles. The fraction of sp³-hybridized carbons (Fsp3) is 0.385. The minimum absolute atomic E-state index is 0.126. The van der Waals surface area contributed by atoms with Crippen molar-refractivity contribution in [2.75, 3.05) is 12.4 Å². The Morgan fingerprint density at radius 3 is 2.44 bits per heavy atom. The monoisotopic (exact) mass is 250 g/mol. The first-order valence-corrected chi connectivity index (χ1v) is 5.80. The number of hydrogen-bond acceptors (Lipinski definition) is 4. The van der Waals surface area contributed by atoms with E-state index in [9.17, 15) is 9.59 Å². The van der Waals surface area contributed by atoms with E-state index >= 15 is 0 Å². The molecule has 1 aromatic rings. The smallest absolute Gasteiger partial charge is 0.337 e. The fourth-order valence-corrected chi connectivity index (χ4v) is 1.40. The predicted octanol–water partition coefficient (Wildman–Crippen LogP) is 1.54. The normalized spacial score (nSPS) is 11.7. The van der Waals surface area contributed by atoms with Gasteiger partial charge in [-0.25, -0.2) is 4.79 Å². The van der Waals surface area contributed by atoms with Gasteiger partial charge >= 0.3 is 5.97 Å². The number of hydrogen-bond donors (Lipinski definition) is 2. The molecule has 0 bridgehead atoms. The molecule has 0 fully saturated rings. The molecular formula is C13H18N2O3. The molecule has 1 rings (SSSR count). The van der Waals surface area contributed by atoms with Crippen LogP contribution in [0.1, 0.15) is 30.1 Å². The lowest BCUT2D eigenvalue weighted by Crippen LogP contribution is -2.26. The fourth-order valence-electron chi connectivity index (χ4n) is 1.40. The molecule has 0 aliphatic carbocycles. The van der Waals surface area contributed by atoms with Crippen molar-refractivity contribution in [2.24, 2.45) is 5.73 Å². The van der Waals surface area contributed by atoms with Gasteiger partial charge in [-0.15, -0.1) is 0 Å². The second-order valence-corrected chi connectivity index (χ2v) is 3.99. The Kier molecular flexibility index (Phi) is 5.32. The van der Waals surface area contributed by atoms with Crippen molar-refractivity contribution in [2.45, 2.75) is 25.8 Å². The quantitative estimate of drug-likeness (QED) is 0.777. The predicted molar refractivity (Wildman–Crippen MR) is 69.3 cm³/mol. The van der Waals surface area contributed by atoms with E-state index in [1.165, 1.54) is 7.11 Å². The lowest BCUT2D eigenvalue weighted by Gasteiger charge is -2.09. The molecule has 0 aromatic heterocycles. The van der Waals surface area contributed by atoms with Crippen molar-refractivity contribution in [3.8, 4) is 0 Å². The van der Waals surface area contributed by atoms with Gasteiger partial charge in [0.1, 0.15) is 0 Å². The third kappa shape index (κ3) is 4.18. The molecule has 0 heterocycles. The van der Waals surface area contributed by atoms with Crippen LogP contribution in [0, 0.1) is 0 Å². The van der Waals surface area contributed by atoms with Crippen LogP contribution in [-0.2, 0) is 9.53 Å². The topological polar surface area (TPSA) is 81.4 Å². The molecule has 0 saturated carbocycles. The molecule has 5 heteroatoms. The van der Waals surface area contributed by atoms with E-state index in [2.05, 4.69) is 10.1 Å². The van der Waals surface area contributed by atoms with Crippen LogP contribution in [0.25, 0.3) is 0 Å². The number of amides is 1. The van der Waals surface area contributed by atoms with Crippen LogP contribution in [0.3, 0.4) is 0 Å². The van der Waals surface area contributed by atoms with Crippen molar-refractivity contribution in [3.05, 3.63) is 29.8 Å². The van der Waals surface area contributed by atoms with Crippen molar-refractivity contribution in [3.63, 3.8) is 0 Å². The Balaban J connectivity index is 2.58. The highest BCUT2D eigenvalue weighted by molar-refractivity contribution is 5.93. The number of carbonyl (C=O) groups excluding carboxylic acids is 2. The number of anilines is 1. The number of nitrogens with two attached hydrogens (primary N) is 1. The van der Waals surface area contributed by atoms with E-state index in [1.807, 2.05) is 6.92 Å². The van der Waals surface area contributed by atoms with Crippen molar-refractivity contribution in [1.29, 1.82) is 0 Å². The van der Waals surface area contributed by atoms with Crippen LogP contribution in [0.15, 0.2) is 24.3 Å². The van der Waals surface area contributed by atoms with Gasteiger partial charge in [0.05, 0.1) is 12.7 Å². The molecule has 18 heavy (non-hydrogen) atoms. The molecule has 0 saturated heterocycles. The van der Waals surface area contributed by atoms with Crippen LogP contribution in [0.2, 0.25) is 0 Å². The Morgan fingerprint density at radius 2 is 1.94 bits per heavy atom. The first-order chi connectivity index (χ1) is 8.56. The zero-order chi connectivity index (χ0) is 13.5. The van der Waals surface area contributed by atoms with E-state index < -0.39 is 5.97 Å². The molecule has 1 atom stereocenters. The van der Waals surface area contributed by atoms with Gasteiger partial charge in [0.2, 0.25) is 5.91 Å². The Labute approximate surface area is 106 Å². The number of ether oxygens (including phenoxy) is 1. The Bertz CT molecular complexity index is 415. The van der Waals surface area contributed by atoms with E-state index in [0.29, 0.717) is 11.3 Å². The van der Waals surface area contributed by atoms with Crippen molar-refractivity contribution in [1.82, 2.24) is 0 Å². The van der Waals surface area contributed by atoms with Gasteiger partial charge in [0.25, 0.3) is 0 Å². The maximum absolute atomic E-state index is 11.6. The summed E-state index contributed by atoms with van der Waals surface area (Å²) in [6.45, 7) is 1.93. The second kappa shape index (κ2) is 6.76. The van der Waals surface area contributed by atoms with Gasteiger partial charge in [-0.2, -0.15) is 0 Å². The van der Waals surface area contributed by atoms with E-state index in [0.717, 1.165) is 6.42 Å². The minimum Gasteiger partial charge on any atom is -0.465 e. The van der Waals surface area contributed by atoms with Crippen LogP contribution in [0.5, 0.6) is 0 Å². The summed E-state index contributed by atoms with van der Waals surface area (Å²) in [7, 11) is 1.32. The molecule has 0 radical (unpaired) electrons. The maximum atomic E-state index is 11.6. The highest BCUT2D eigenvalue weighted by Crippen LogP contribution is 2.11. The highest BCUT2D eigenvalue weighted by atomic mass is 16.5. The molecule has 1 unspecified atom stereocenters. The molecule has 1 amide bonds. The van der Waals surface area contributed by atoms with E-state index in [4.69, 9.17) is 5.73 Å². The Morgan fingerprint density at radius 1 is 1.33 bits per heavy atom. The van der Waals surface area contributed by atoms with Gasteiger partial charge in [0, 0.05) is 18.2 Å². The van der Waals surface area contributed by atoms with Crippen molar-refractivity contribution < 1.29 is 14.3 Å². The lowest BCUT2D eigenvalue weighted by molar-refractivity contribution is -0.116. The van der Waals surface area contributed by atoms with E-state index in [1.54, 1.807) is 24.3 Å². The van der Waals surface area contributed by atoms with Gasteiger partial charge in [-0.3, -0.25) is 4.79 Å². The van der Waals surface area contributed by atoms with Crippen LogP contribution in [0.4, 0.5) is 5.69 Å². The first kappa shape index (κ1) is 14.2. The zero-order valence-corrected chi connectivity index (χ0v) is 10.6. The standard InChI is InChI=1S/C13H18N2O3/c1-3-10(14)8-12(16)15-11-6-4-9(5-7-11)13(17)18-2/h4-7,10H,3,8,14H2,1-2H3,(H,15,16). The number of methoxy groups -OCH3 is 1. The summed E-state index contributed by atoms with van der Waals surface area (Å²) in [6.07, 6.45) is 1.05. The van der Waals surface area contributed by atoms with Gasteiger partial charge < -0.3 is 15.8 Å². The SMILES string of the molecule is CCC(N)CC(=O)Nc1ccc(C(=O)OC)cc1. The van der Waals surface area contributed by atoms with Crippen molar-refractivity contribution >= 4 is 17.6 Å². The average Bonchev–Trinajstić information content (AvgIpc) is 2.38. The van der Waals surface area contributed by atoms with E-state index in [-0.39, 0.29) is 18.4 Å². The molecule has 0 aliphatic rings. The molecule has 0 aliphatic heterocycles. The number of nitrogens with one attached hydrogen (secondary N) is 1. The van der Waals surface area contributed by atoms with Gasteiger partial charge in [0.15, 0.2) is 0 Å². The van der Waals surface area contributed by atoms with Gasteiger partial charge in [-0.1, -0.05) is 6.92 Å². The second-order valence-electron chi connectivity index (χ2n) is 3.99. The molecule has 5 nitrogen and oxygen atoms in total. The summed E-state index contributed by atoms with van der Waals surface area (Å²) >= 11 is 0. The molecular weight excluding hydrogens is 232 g/mol. The maximum Gasteiger partial charge on any atom is 0.337 e. The number of rotatable bonds is 5. The Hall–Kier alpha value is -1.88. The zero-order valence-electron chi connectivity index (χ0n) is 10.6. The van der Waals surface area contributed by atoms with Crippen LogP contribution in [-0.4, -0.2) is 25.0 Å². The number of esters is 1. The van der Waals surface area contributed by atoms with Crippen LogP contribution >= 0.6 is 0 Å². The van der Waals surface area contributed by atoms with Gasteiger partial charge in [-0.05, 0) is 30.7 Å². The summed E-state index contributed by atoms with van der Waals surface area (Å²) < 4.78 is 4.58. The van der Waals surface area contributed by atoms with Crippen LogP contribution < -0.4 is 11.1 Å². The highest BCUT2D eigenvalue weighted by Gasteiger charge is 2.09. The summed E-state index contributed by atoms with van der Waals surface area (Å²) in [5.74, 6) is -0.531. The molecule has 0 spiro atoms.